The summed E-state index contributed by atoms with van der Waals surface area (Å²) in [6.07, 6.45) is 0.863. The number of carbonyl (C=O) groups is 1. The number of phenols is 1. The molecule has 1 atom stereocenters. The number of benzene rings is 1. The average molecular weight is 265 g/mol. The van der Waals surface area contributed by atoms with Crippen molar-refractivity contribution in [2.45, 2.75) is 33.2 Å². The van der Waals surface area contributed by atoms with Crippen LogP contribution < -0.4 is 0 Å². The van der Waals surface area contributed by atoms with Gasteiger partial charge in [-0.3, -0.25) is 4.79 Å². The van der Waals surface area contributed by atoms with E-state index < -0.39 is 0 Å². The molecule has 1 amide bonds. The van der Waals surface area contributed by atoms with Gasteiger partial charge in [-0.05, 0) is 31.9 Å². The Morgan fingerprint density at radius 3 is 2.74 bits per heavy atom. The zero-order valence-corrected chi connectivity index (χ0v) is 12.1. The number of ether oxygens (including phenoxy) is 1. The van der Waals surface area contributed by atoms with Crippen LogP contribution in [0.15, 0.2) is 18.2 Å². The molecule has 1 unspecified atom stereocenters. The molecule has 0 spiro atoms. The van der Waals surface area contributed by atoms with Gasteiger partial charge in [0.15, 0.2) is 0 Å². The number of para-hydroxylation sites is 1. The van der Waals surface area contributed by atoms with Crippen LogP contribution in [0.2, 0.25) is 0 Å². The fraction of sp³-hybridized carbons (Fsp3) is 0.533. The molecule has 0 saturated heterocycles. The minimum Gasteiger partial charge on any atom is -0.507 e. The Labute approximate surface area is 115 Å². The molecule has 0 aromatic heterocycles. The predicted octanol–water partition coefficient (Wildman–Crippen LogP) is 2.59. The largest absolute Gasteiger partial charge is 0.507 e. The summed E-state index contributed by atoms with van der Waals surface area (Å²) in [5, 5.41) is 10.0. The lowest BCUT2D eigenvalue weighted by Gasteiger charge is -2.28. The van der Waals surface area contributed by atoms with E-state index in [0.717, 1.165) is 6.42 Å². The van der Waals surface area contributed by atoms with Crippen molar-refractivity contribution < 1.29 is 14.6 Å². The Balaban J connectivity index is 3.01. The highest BCUT2D eigenvalue weighted by Crippen LogP contribution is 2.23. The predicted molar refractivity (Wildman–Crippen MR) is 75.5 cm³/mol. The van der Waals surface area contributed by atoms with Crippen molar-refractivity contribution >= 4 is 5.91 Å². The molecule has 106 valence electrons. The van der Waals surface area contributed by atoms with Crippen LogP contribution in [0.25, 0.3) is 0 Å². The molecule has 4 nitrogen and oxygen atoms in total. The number of hydrogen-bond donors (Lipinski definition) is 1. The summed E-state index contributed by atoms with van der Waals surface area (Å²) in [7, 11) is 1.61. The van der Waals surface area contributed by atoms with Crippen molar-refractivity contribution in [1.29, 1.82) is 0 Å². The fourth-order valence-electron chi connectivity index (χ4n) is 1.92. The van der Waals surface area contributed by atoms with E-state index in [1.807, 2.05) is 13.8 Å². The molecule has 1 rings (SSSR count). The summed E-state index contributed by atoms with van der Waals surface area (Å²) in [6, 6.07) is 5.34. The number of carbonyl (C=O) groups excluding carboxylic acids is 1. The first-order chi connectivity index (χ1) is 9.02. The maximum atomic E-state index is 12.5. The van der Waals surface area contributed by atoms with Crippen molar-refractivity contribution in [2.75, 3.05) is 20.3 Å². The van der Waals surface area contributed by atoms with Crippen molar-refractivity contribution in [3.8, 4) is 5.75 Å². The maximum absolute atomic E-state index is 12.5. The second-order valence-corrected chi connectivity index (χ2v) is 4.72. The standard InChI is InChI=1S/C15H23NO3/c1-5-12(3)16(9-10-19-4)15(18)13-8-6-7-11(2)14(13)17/h6-8,12,17H,5,9-10H2,1-4H3. The van der Waals surface area contributed by atoms with Crippen LogP contribution >= 0.6 is 0 Å². The molecule has 0 saturated carbocycles. The SMILES string of the molecule is CCC(C)N(CCOC)C(=O)c1cccc(C)c1O. The smallest absolute Gasteiger partial charge is 0.257 e. The van der Waals surface area contributed by atoms with Crippen molar-refractivity contribution in [1.82, 2.24) is 4.90 Å². The molecule has 1 aromatic rings. The van der Waals surface area contributed by atoms with Gasteiger partial charge in [0, 0.05) is 19.7 Å². The Hall–Kier alpha value is -1.55. The number of hydrogen-bond acceptors (Lipinski definition) is 3. The lowest BCUT2D eigenvalue weighted by Crippen LogP contribution is -2.40. The summed E-state index contributed by atoms with van der Waals surface area (Å²) in [4.78, 5) is 14.3. The van der Waals surface area contributed by atoms with Crippen molar-refractivity contribution in [3.63, 3.8) is 0 Å². The van der Waals surface area contributed by atoms with E-state index >= 15 is 0 Å². The highest BCUT2D eigenvalue weighted by molar-refractivity contribution is 5.97. The molecule has 0 heterocycles. The zero-order chi connectivity index (χ0) is 14.4. The second-order valence-electron chi connectivity index (χ2n) is 4.72. The number of phenolic OH excluding ortho intramolecular Hbond substituents is 1. The first-order valence-corrected chi connectivity index (χ1v) is 6.61. The Kier molecular flexibility index (Phi) is 5.83. The molecule has 0 aliphatic rings. The number of nitrogens with zero attached hydrogens (tertiary/aromatic N) is 1. The van der Waals surface area contributed by atoms with E-state index in [-0.39, 0.29) is 17.7 Å². The second kappa shape index (κ2) is 7.14. The van der Waals surface area contributed by atoms with Crippen LogP contribution in [0.3, 0.4) is 0 Å². The number of aryl methyl sites for hydroxylation is 1. The van der Waals surface area contributed by atoms with E-state index in [2.05, 4.69) is 0 Å². The number of methoxy groups -OCH3 is 1. The van der Waals surface area contributed by atoms with E-state index in [0.29, 0.717) is 24.3 Å². The van der Waals surface area contributed by atoms with Crippen LogP contribution in [0, 0.1) is 6.92 Å². The molecular formula is C15H23NO3. The van der Waals surface area contributed by atoms with Gasteiger partial charge in [-0.15, -0.1) is 0 Å². The number of rotatable bonds is 6. The lowest BCUT2D eigenvalue weighted by molar-refractivity contribution is 0.0611. The van der Waals surface area contributed by atoms with Gasteiger partial charge in [0.05, 0.1) is 12.2 Å². The van der Waals surface area contributed by atoms with Gasteiger partial charge < -0.3 is 14.7 Å². The summed E-state index contributed by atoms with van der Waals surface area (Å²) in [5.41, 5.74) is 1.07. The molecular weight excluding hydrogens is 242 g/mol. The average Bonchev–Trinajstić information content (AvgIpc) is 2.41. The summed E-state index contributed by atoms with van der Waals surface area (Å²) >= 11 is 0. The van der Waals surface area contributed by atoms with Gasteiger partial charge in [0.25, 0.3) is 5.91 Å². The van der Waals surface area contributed by atoms with Crippen molar-refractivity contribution in [3.05, 3.63) is 29.3 Å². The first-order valence-electron chi connectivity index (χ1n) is 6.61. The van der Waals surface area contributed by atoms with Crippen LogP contribution in [-0.4, -0.2) is 42.2 Å². The summed E-state index contributed by atoms with van der Waals surface area (Å²) < 4.78 is 5.05. The summed E-state index contributed by atoms with van der Waals surface area (Å²) in [5.74, 6) is -0.0779. The topological polar surface area (TPSA) is 49.8 Å². The molecule has 1 N–H and O–H groups in total. The zero-order valence-electron chi connectivity index (χ0n) is 12.1. The van der Waals surface area contributed by atoms with Gasteiger partial charge in [-0.2, -0.15) is 0 Å². The lowest BCUT2D eigenvalue weighted by atomic mass is 10.1. The van der Waals surface area contributed by atoms with Crippen molar-refractivity contribution in [2.24, 2.45) is 0 Å². The number of amides is 1. The van der Waals surface area contributed by atoms with E-state index in [1.165, 1.54) is 0 Å². The molecule has 0 radical (unpaired) electrons. The molecule has 0 aliphatic heterocycles. The van der Waals surface area contributed by atoms with Gasteiger partial charge in [-0.25, -0.2) is 0 Å². The third kappa shape index (κ3) is 3.70. The third-order valence-electron chi connectivity index (χ3n) is 3.39. The van der Waals surface area contributed by atoms with E-state index in [4.69, 9.17) is 4.74 Å². The van der Waals surface area contributed by atoms with Gasteiger partial charge in [0.2, 0.25) is 0 Å². The van der Waals surface area contributed by atoms with Gasteiger partial charge in [0.1, 0.15) is 5.75 Å². The molecule has 0 aliphatic carbocycles. The van der Waals surface area contributed by atoms with E-state index in [9.17, 15) is 9.90 Å². The highest BCUT2D eigenvalue weighted by atomic mass is 16.5. The van der Waals surface area contributed by atoms with Crippen LogP contribution in [0.1, 0.15) is 36.2 Å². The van der Waals surface area contributed by atoms with Crippen LogP contribution in [0.5, 0.6) is 5.75 Å². The normalized spacial score (nSPS) is 12.2. The molecule has 0 bridgehead atoms. The number of aromatic hydroxyl groups is 1. The Morgan fingerprint density at radius 1 is 1.47 bits per heavy atom. The summed E-state index contributed by atoms with van der Waals surface area (Å²) in [6.45, 7) is 6.84. The monoisotopic (exact) mass is 265 g/mol. The third-order valence-corrected chi connectivity index (χ3v) is 3.39. The minimum absolute atomic E-state index is 0.0678. The maximum Gasteiger partial charge on any atom is 0.257 e. The Bertz CT molecular complexity index is 431. The fourth-order valence-corrected chi connectivity index (χ4v) is 1.92. The van der Waals surface area contributed by atoms with Crippen LogP contribution in [0.4, 0.5) is 0 Å². The molecule has 0 fully saturated rings. The first kappa shape index (κ1) is 15.5. The molecule has 1 aromatic carbocycles. The minimum atomic E-state index is -0.146. The molecule has 4 heteroatoms. The van der Waals surface area contributed by atoms with E-state index in [1.54, 1.807) is 37.1 Å². The quantitative estimate of drug-likeness (QED) is 0.860. The highest BCUT2D eigenvalue weighted by Gasteiger charge is 2.22. The van der Waals surface area contributed by atoms with Crippen LogP contribution in [-0.2, 0) is 4.74 Å². The molecule has 19 heavy (non-hydrogen) atoms. The Morgan fingerprint density at radius 2 is 2.16 bits per heavy atom. The van der Waals surface area contributed by atoms with Gasteiger partial charge in [-0.1, -0.05) is 19.1 Å². The van der Waals surface area contributed by atoms with Gasteiger partial charge >= 0.3 is 0 Å².